The van der Waals surface area contributed by atoms with Gasteiger partial charge in [0.15, 0.2) is 4.80 Å². The number of hydrogen-bond acceptors (Lipinski definition) is 7. The van der Waals surface area contributed by atoms with Crippen LogP contribution in [0.1, 0.15) is 31.2 Å². The number of benzene rings is 2. The number of hydrogen-bond donors (Lipinski definition) is 1. The number of likely N-dealkylation sites (N-methyl/N-ethyl adjacent to an activating group) is 1. The summed E-state index contributed by atoms with van der Waals surface area (Å²) in [6, 6.07) is 15.5. The monoisotopic (exact) mass is 563 g/mol. The maximum absolute atomic E-state index is 13.9. The van der Waals surface area contributed by atoms with Crippen LogP contribution >= 0.6 is 22.9 Å². The molecule has 0 spiro atoms. The summed E-state index contributed by atoms with van der Waals surface area (Å²) in [4.78, 5) is 32.3. The normalized spacial score (nSPS) is 15.1. The van der Waals surface area contributed by atoms with E-state index in [-0.39, 0.29) is 11.5 Å². The minimum atomic E-state index is -0.777. The van der Waals surface area contributed by atoms with E-state index in [1.807, 2.05) is 25.1 Å². The van der Waals surface area contributed by atoms with Crippen molar-refractivity contribution in [1.29, 1.82) is 0 Å². The Hall–Kier alpha value is -4.08. The number of carbonyl (C=O) groups is 1. The fourth-order valence-electron chi connectivity index (χ4n) is 4.54. The number of ether oxygens (including phenoxy) is 2. The lowest BCUT2D eigenvalue weighted by Gasteiger charge is -2.26. The number of fused-ring (bicyclic) bond motifs is 1. The third-order valence-corrected chi connectivity index (χ3v) is 7.60. The SMILES string of the molecule is CCNC(=O)C1=C(C)N=c2sc(=Cc3ccc(-c4ccc(Cl)cc4)o3)c(=O)n2C1c1cc(OC)ccc1OC. The summed E-state index contributed by atoms with van der Waals surface area (Å²) in [5.74, 6) is 1.95. The van der Waals surface area contributed by atoms with Gasteiger partial charge in [-0.05, 0) is 68.4 Å². The van der Waals surface area contributed by atoms with Crippen molar-refractivity contribution in [2.45, 2.75) is 19.9 Å². The molecule has 1 atom stereocenters. The Morgan fingerprint density at radius 2 is 1.92 bits per heavy atom. The molecule has 1 N–H and O–H groups in total. The van der Waals surface area contributed by atoms with Gasteiger partial charge in [0.2, 0.25) is 0 Å². The molecule has 1 amide bonds. The zero-order chi connectivity index (χ0) is 27.7. The Morgan fingerprint density at radius 1 is 1.15 bits per heavy atom. The van der Waals surface area contributed by atoms with E-state index in [2.05, 4.69) is 10.3 Å². The Balaban J connectivity index is 1.68. The molecule has 0 saturated carbocycles. The number of rotatable bonds is 7. The lowest BCUT2D eigenvalue weighted by atomic mass is 9.94. The fourth-order valence-corrected chi connectivity index (χ4v) is 5.70. The van der Waals surface area contributed by atoms with Crippen LogP contribution in [0.5, 0.6) is 11.5 Å². The zero-order valence-electron chi connectivity index (χ0n) is 21.8. The highest BCUT2D eigenvalue weighted by atomic mass is 35.5. The van der Waals surface area contributed by atoms with Crippen molar-refractivity contribution in [2.24, 2.45) is 4.99 Å². The van der Waals surface area contributed by atoms with Gasteiger partial charge >= 0.3 is 0 Å². The van der Waals surface area contributed by atoms with Crippen molar-refractivity contribution >= 4 is 34.9 Å². The second-order valence-electron chi connectivity index (χ2n) is 8.76. The van der Waals surface area contributed by atoms with E-state index in [1.54, 1.807) is 63.6 Å². The molecule has 3 heterocycles. The van der Waals surface area contributed by atoms with Crippen molar-refractivity contribution in [3.05, 3.63) is 102 Å². The number of halogens is 1. The van der Waals surface area contributed by atoms with Gasteiger partial charge in [0.25, 0.3) is 11.5 Å². The lowest BCUT2D eigenvalue weighted by molar-refractivity contribution is -0.117. The minimum Gasteiger partial charge on any atom is -0.497 e. The molecule has 200 valence electrons. The summed E-state index contributed by atoms with van der Waals surface area (Å²) in [6.45, 7) is 4.04. The van der Waals surface area contributed by atoms with E-state index in [0.717, 1.165) is 5.56 Å². The van der Waals surface area contributed by atoms with E-state index in [0.29, 0.717) is 60.8 Å². The standard InChI is InChI=1S/C29H26ClN3O5S/c1-5-31-27(34)25-16(2)32-29-33(26(25)21-14-19(36-3)10-13-23(21)37-4)28(35)24(39-29)15-20-11-12-22(38-20)17-6-8-18(30)9-7-17/h6-15,26H,5H2,1-4H3,(H,31,34). The maximum Gasteiger partial charge on any atom is 0.271 e. The van der Waals surface area contributed by atoms with Crippen molar-refractivity contribution in [1.82, 2.24) is 9.88 Å². The van der Waals surface area contributed by atoms with Crippen LogP contribution in [-0.2, 0) is 4.79 Å². The number of amides is 1. The summed E-state index contributed by atoms with van der Waals surface area (Å²) in [5.41, 5.74) is 2.07. The average molecular weight is 564 g/mol. The van der Waals surface area contributed by atoms with Crippen LogP contribution in [0, 0.1) is 0 Å². The van der Waals surface area contributed by atoms with E-state index in [9.17, 15) is 9.59 Å². The van der Waals surface area contributed by atoms with Crippen LogP contribution in [0.4, 0.5) is 0 Å². The van der Waals surface area contributed by atoms with Gasteiger partial charge in [0.05, 0.1) is 30.0 Å². The highest BCUT2D eigenvalue weighted by Gasteiger charge is 2.34. The number of nitrogens with zero attached hydrogens (tertiary/aromatic N) is 2. The number of thiazole rings is 1. The summed E-state index contributed by atoms with van der Waals surface area (Å²) in [5, 5.41) is 3.49. The van der Waals surface area contributed by atoms with Crippen LogP contribution in [0.3, 0.4) is 0 Å². The minimum absolute atomic E-state index is 0.299. The van der Waals surface area contributed by atoms with Gasteiger partial charge in [-0.3, -0.25) is 14.2 Å². The topological polar surface area (TPSA) is 95.1 Å². The van der Waals surface area contributed by atoms with Gasteiger partial charge in [0.1, 0.15) is 29.1 Å². The molecular formula is C29H26ClN3O5S. The molecule has 8 nitrogen and oxygen atoms in total. The third-order valence-electron chi connectivity index (χ3n) is 6.36. The van der Waals surface area contributed by atoms with Gasteiger partial charge < -0.3 is 19.2 Å². The highest BCUT2D eigenvalue weighted by Crippen LogP contribution is 2.37. The first-order valence-electron chi connectivity index (χ1n) is 12.2. The van der Waals surface area contributed by atoms with Crippen molar-refractivity contribution in [3.8, 4) is 22.8 Å². The van der Waals surface area contributed by atoms with Crippen LogP contribution < -0.4 is 29.7 Å². The molecule has 0 fully saturated rings. The summed E-state index contributed by atoms with van der Waals surface area (Å²) < 4.78 is 19.1. The first-order valence-corrected chi connectivity index (χ1v) is 13.4. The Morgan fingerprint density at radius 3 is 2.62 bits per heavy atom. The van der Waals surface area contributed by atoms with Gasteiger partial charge in [-0.1, -0.05) is 22.9 Å². The van der Waals surface area contributed by atoms with Gasteiger partial charge in [-0.15, -0.1) is 0 Å². The molecule has 1 aliphatic rings. The van der Waals surface area contributed by atoms with Gasteiger partial charge in [0, 0.05) is 28.8 Å². The summed E-state index contributed by atoms with van der Waals surface area (Å²) in [7, 11) is 3.11. The molecule has 39 heavy (non-hydrogen) atoms. The Kier molecular flexibility index (Phi) is 7.45. The van der Waals surface area contributed by atoms with E-state index in [1.165, 1.54) is 15.9 Å². The molecule has 1 unspecified atom stereocenters. The highest BCUT2D eigenvalue weighted by molar-refractivity contribution is 7.07. The van der Waals surface area contributed by atoms with E-state index < -0.39 is 6.04 Å². The molecule has 4 aromatic rings. The third kappa shape index (κ3) is 5.03. The second-order valence-corrected chi connectivity index (χ2v) is 10.2. The summed E-state index contributed by atoms with van der Waals surface area (Å²) in [6.07, 6.45) is 1.69. The molecule has 5 rings (SSSR count). The van der Waals surface area contributed by atoms with E-state index >= 15 is 0 Å². The number of nitrogens with one attached hydrogen (secondary N) is 1. The smallest absolute Gasteiger partial charge is 0.271 e. The Bertz CT molecular complexity index is 1770. The number of aromatic nitrogens is 1. The van der Waals surface area contributed by atoms with E-state index in [4.69, 9.17) is 25.5 Å². The molecule has 0 aliphatic carbocycles. The van der Waals surface area contributed by atoms with Crippen LogP contribution in [0.2, 0.25) is 5.02 Å². The molecule has 0 radical (unpaired) electrons. The maximum atomic E-state index is 13.9. The van der Waals surface area contributed by atoms with Gasteiger partial charge in [-0.2, -0.15) is 0 Å². The average Bonchev–Trinajstić information content (AvgIpc) is 3.52. The fraction of sp³-hybridized carbons (Fsp3) is 0.207. The molecule has 10 heteroatoms. The molecule has 0 saturated heterocycles. The van der Waals surface area contributed by atoms with Crippen LogP contribution in [0.15, 0.2) is 80.1 Å². The second kappa shape index (κ2) is 11.0. The predicted octanol–water partition coefficient (Wildman–Crippen LogP) is 4.30. The van der Waals surface area contributed by atoms with Crippen LogP contribution in [-0.4, -0.2) is 31.2 Å². The first-order chi connectivity index (χ1) is 18.8. The molecule has 1 aliphatic heterocycles. The largest absolute Gasteiger partial charge is 0.497 e. The Labute approximate surface area is 233 Å². The van der Waals surface area contributed by atoms with Crippen molar-refractivity contribution in [2.75, 3.05) is 20.8 Å². The number of furan rings is 1. The van der Waals surface area contributed by atoms with Gasteiger partial charge in [-0.25, -0.2) is 4.99 Å². The summed E-state index contributed by atoms with van der Waals surface area (Å²) >= 11 is 7.23. The van der Waals surface area contributed by atoms with Crippen molar-refractivity contribution in [3.63, 3.8) is 0 Å². The molecule has 2 aromatic carbocycles. The number of methoxy groups -OCH3 is 2. The van der Waals surface area contributed by atoms with Crippen LogP contribution in [0.25, 0.3) is 17.4 Å². The zero-order valence-corrected chi connectivity index (χ0v) is 23.4. The van der Waals surface area contributed by atoms with Crippen molar-refractivity contribution < 1.29 is 18.7 Å². The number of carbonyl (C=O) groups excluding carboxylic acids is 1. The lowest BCUT2D eigenvalue weighted by Crippen LogP contribution is -2.41. The first kappa shape index (κ1) is 26.5. The molecular weight excluding hydrogens is 538 g/mol. The quantitative estimate of drug-likeness (QED) is 0.362. The number of allylic oxidation sites excluding steroid dienone is 1. The molecule has 2 aromatic heterocycles. The predicted molar refractivity (Wildman–Crippen MR) is 151 cm³/mol. The molecule has 0 bridgehead atoms.